The van der Waals surface area contributed by atoms with Gasteiger partial charge in [0, 0.05) is 0 Å². The molecule has 1 heterocycles. The van der Waals surface area contributed by atoms with Crippen molar-refractivity contribution in [3.8, 4) is 11.4 Å². The summed E-state index contributed by atoms with van der Waals surface area (Å²) in [4.78, 5) is 11.9. The molecule has 20 heavy (non-hydrogen) atoms. The van der Waals surface area contributed by atoms with Crippen molar-refractivity contribution in [2.24, 2.45) is 0 Å². The summed E-state index contributed by atoms with van der Waals surface area (Å²) in [6.45, 7) is 1.51. The van der Waals surface area contributed by atoms with Gasteiger partial charge in [0.2, 0.25) is 0 Å². The molecule has 3 rings (SSSR count). The van der Waals surface area contributed by atoms with Crippen LogP contribution in [0.4, 0.5) is 0 Å². The molecule has 0 saturated heterocycles. The zero-order valence-electron chi connectivity index (χ0n) is 11.2. The van der Waals surface area contributed by atoms with Crippen molar-refractivity contribution >= 4 is 16.8 Å². The molecule has 5 heteroatoms. The Balaban J connectivity index is 2.32. The summed E-state index contributed by atoms with van der Waals surface area (Å²) in [5.74, 6) is 0.464. The van der Waals surface area contributed by atoms with Crippen LogP contribution in [-0.4, -0.2) is 27.9 Å². The number of methoxy groups -OCH3 is 1. The number of ketones is 1. The fourth-order valence-corrected chi connectivity index (χ4v) is 2.27. The van der Waals surface area contributed by atoms with Crippen LogP contribution in [0.25, 0.3) is 16.7 Å². The van der Waals surface area contributed by atoms with Gasteiger partial charge < -0.3 is 4.74 Å². The van der Waals surface area contributed by atoms with Gasteiger partial charge in [-0.15, -0.1) is 5.10 Å². The molecule has 0 amide bonds. The first-order valence-electron chi connectivity index (χ1n) is 6.21. The highest BCUT2D eigenvalue weighted by Gasteiger charge is 2.17. The van der Waals surface area contributed by atoms with E-state index in [1.54, 1.807) is 17.9 Å². The summed E-state index contributed by atoms with van der Waals surface area (Å²) in [7, 11) is 1.55. The number of ether oxygens (including phenoxy) is 1. The minimum Gasteiger partial charge on any atom is -0.496 e. The smallest absolute Gasteiger partial charge is 0.165 e. The summed E-state index contributed by atoms with van der Waals surface area (Å²) >= 11 is 0. The van der Waals surface area contributed by atoms with Crippen LogP contribution in [0, 0.1) is 0 Å². The maximum atomic E-state index is 11.9. The first-order chi connectivity index (χ1) is 9.72. The van der Waals surface area contributed by atoms with Crippen molar-refractivity contribution in [1.29, 1.82) is 0 Å². The third-order valence-electron chi connectivity index (χ3n) is 3.16. The van der Waals surface area contributed by atoms with E-state index in [2.05, 4.69) is 10.3 Å². The molecule has 0 aliphatic rings. The van der Waals surface area contributed by atoms with E-state index in [9.17, 15) is 4.79 Å². The van der Waals surface area contributed by atoms with Crippen molar-refractivity contribution in [3.05, 3.63) is 48.0 Å². The summed E-state index contributed by atoms with van der Waals surface area (Å²) in [6, 6.07) is 13.0. The number of Topliss-reactive ketones (excluding diaryl/α,β-unsaturated/α-hetero) is 1. The van der Waals surface area contributed by atoms with E-state index in [1.165, 1.54) is 6.92 Å². The molecule has 0 N–H and O–H groups in total. The molecule has 5 nitrogen and oxygen atoms in total. The SMILES string of the molecule is COc1cccc(-n2nnc3ccccc32)c1C(C)=O. The molecule has 100 valence electrons. The molecule has 0 spiro atoms. The summed E-state index contributed by atoms with van der Waals surface area (Å²) in [6.07, 6.45) is 0. The van der Waals surface area contributed by atoms with Gasteiger partial charge in [-0.1, -0.05) is 23.4 Å². The maximum absolute atomic E-state index is 11.9. The molecule has 0 aliphatic heterocycles. The number of carbonyl (C=O) groups is 1. The summed E-state index contributed by atoms with van der Waals surface area (Å²) < 4.78 is 6.94. The zero-order chi connectivity index (χ0) is 14.1. The van der Waals surface area contributed by atoms with E-state index < -0.39 is 0 Å². The molecule has 0 bridgehead atoms. The maximum Gasteiger partial charge on any atom is 0.165 e. The van der Waals surface area contributed by atoms with E-state index in [4.69, 9.17) is 4.74 Å². The number of carbonyl (C=O) groups excluding carboxylic acids is 1. The normalized spacial score (nSPS) is 10.7. The van der Waals surface area contributed by atoms with Gasteiger partial charge in [0.15, 0.2) is 5.78 Å². The number of para-hydroxylation sites is 1. The number of benzene rings is 2. The van der Waals surface area contributed by atoms with Crippen molar-refractivity contribution in [1.82, 2.24) is 15.0 Å². The highest BCUT2D eigenvalue weighted by Crippen LogP contribution is 2.27. The molecule has 0 saturated carbocycles. The van der Waals surface area contributed by atoms with Crippen LogP contribution in [-0.2, 0) is 0 Å². The van der Waals surface area contributed by atoms with E-state index in [-0.39, 0.29) is 5.78 Å². The Morgan fingerprint density at radius 1 is 1.15 bits per heavy atom. The Labute approximate surface area is 115 Å². The van der Waals surface area contributed by atoms with Gasteiger partial charge in [-0.2, -0.15) is 0 Å². The van der Waals surface area contributed by atoms with Gasteiger partial charge in [-0.25, -0.2) is 4.68 Å². The molecule has 1 aromatic heterocycles. The molecular formula is C15H13N3O2. The predicted octanol–water partition coefficient (Wildman–Crippen LogP) is 2.63. The van der Waals surface area contributed by atoms with Crippen LogP contribution in [0.5, 0.6) is 5.75 Å². The minimum absolute atomic E-state index is 0.0722. The van der Waals surface area contributed by atoms with Gasteiger partial charge in [0.05, 0.1) is 23.9 Å². The molecule has 0 radical (unpaired) electrons. The molecular weight excluding hydrogens is 254 g/mol. The summed E-state index contributed by atoms with van der Waals surface area (Å²) in [5.41, 5.74) is 2.81. The number of hydrogen-bond acceptors (Lipinski definition) is 4. The Kier molecular flexibility index (Phi) is 2.95. The Morgan fingerprint density at radius 2 is 1.95 bits per heavy atom. The average Bonchev–Trinajstić information content (AvgIpc) is 2.90. The first-order valence-corrected chi connectivity index (χ1v) is 6.21. The van der Waals surface area contributed by atoms with E-state index in [0.29, 0.717) is 17.0 Å². The van der Waals surface area contributed by atoms with Crippen LogP contribution < -0.4 is 4.74 Å². The Hall–Kier alpha value is -2.69. The number of rotatable bonds is 3. The number of nitrogens with zero attached hydrogens (tertiary/aromatic N) is 3. The van der Waals surface area contributed by atoms with Crippen LogP contribution in [0.3, 0.4) is 0 Å². The van der Waals surface area contributed by atoms with E-state index in [0.717, 1.165) is 11.0 Å². The van der Waals surface area contributed by atoms with Crippen molar-refractivity contribution < 1.29 is 9.53 Å². The third kappa shape index (κ3) is 1.84. The lowest BCUT2D eigenvalue weighted by Gasteiger charge is -2.11. The van der Waals surface area contributed by atoms with E-state index in [1.807, 2.05) is 36.4 Å². The van der Waals surface area contributed by atoms with Crippen molar-refractivity contribution in [3.63, 3.8) is 0 Å². The predicted molar refractivity (Wildman–Crippen MR) is 75.4 cm³/mol. The Bertz CT molecular complexity index is 793. The first kappa shape index (κ1) is 12.3. The second-order valence-electron chi connectivity index (χ2n) is 4.40. The molecule has 0 atom stereocenters. The standard InChI is InChI=1S/C15H13N3O2/c1-10(19)15-13(8-5-9-14(15)20-2)18-12-7-4-3-6-11(12)16-17-18/h3-9H,1-2H3. The van der Waals surface area contributed by atoms with Crippen LogP contribution >= 0.6 is 0 Å². The van der Waals surface area contributed by atoms with Gasteiger partial charge in [-0.3, -0.25) is 4.79 Å². The lowest BCUT2D eigenvalue weighted by Crippen LogP contribution is -2.07. The lowest BCUT2D eigenvalue weighted by molar-refractivity contribution is 0.101. The van der Waals surface area contributed by atoms with Gasteiger partial charge in [0.1, 0.15) is 11.3 Å². The molecule has 0 fully saturated rings. The monoisotopic (exact) mass is 267 g/mol. The quantitative estimate of drug-likeness (QED) is 0.684. The molecule has 0 aliphatic carbocycles. The fraction of sp³-hybridized carbons (Fsp3) is 0.133. The van der Waals surface area contributed by atoms with Gasteiger partial charge in [0.25, 0.3) is 0 Å². The van der Waals surface area contributed by atoms with Crippen molar-refractivity contribution in [2.75, 3.05) is 7.11 Å². The van der Waals surface area contributed by atoms with Crippen LogP contribution in [0.15, 0.2) is 42.5 Å². The van der Waals surface area contributed by atoms with Gasteiger partial charge in [-0.05, 0) is 31.2 Å². The molecule has 2 aromatic carbocycles. The highest BCUT2D eigenvalue weighted by atomic mass is 16.5. The van der Waals surface area contributed by atoms with E-state index >= 15 is 0 Å². The molecule has 3 aromatic rings. The fourth-order valence-electron chi connectivity index (χ4n) is 2.27. The molecule has 0 unspecified atom stereocenters. The largest absolute Gasteiger partial charge is 0.496 e. The third-order valence-corrected chi connectivity index (χ3v) is 3.16. The van der Waals surface area contributed by atoms with Crippen LogP contribution in [0.2, 0.25) is 0 Å². The topological polar surface area (TPSA) is 57.0 Å². The number of hydrogen-bond donors (Lipinski definition) is 0. The Morgan fingerprint density at radius 3 is 2.70 bits per heavy atom. The average molecular weight is 267 g/mol. The van der Waals surface area contributed by atoms with Crippen LogP contribution in [0.1, 0.15) is 17.3 Å². The lowest BCUT2D eigenvalue weighted by atomic mass is 10.1. The summed E-state index contributed by atoms with van der Waals surface area (Å²) in [5, 5.41) is 8.25. The number of aromatic nitrogens is 3. The van der Waals surface area contributed by atoms with Gasteiger partial charge >= 0.3 is 0 Å². The van der Waals surface area contributed by atoms with Crippen molar-refractivity contribution in [2.45, 2.75) is 6.92 Å². The zero-order valence-corrected chi connectivity index (χ0v) is 11.2. The second kappa shape index (κ2) is 4.77. The minimum atomic E-state index is -0.0722. The highest BCUT2D eigenvalue weighted by molar-refractivity contribution is 6.01. The number of fused-ring (bicyclic) bond motifs is 1. The second-order valence-corrected chi connectivity index (χ2v) is 4.40.